The van der Waals surface area contributed by atoms with Crippen LogP contribution < -0.4 is 14.8 Å². The Labute approximate surface area is 211 Å². The van der Waals surface area contributed by atoms with E-state index in [1.54, 1.807) is 30.3 Å². The van der Waals surface area contributed by atoms with Gasteiger partial charge in [-0.1, -0.05) is 6.07 Å². The van der Waals surface area contributed by atoms with Crippen molar-refractivity contribution in [1.29, 1.82) is 5.26 Å². The second kappa shape index (κ2) is 10.7. The van der Waals surface area contributed by atoms with E-state index in [1.165, 1.54) is 32.4 Å². The molecule has 2 N–H and O–H groups in total. The zero-order valence-electron chi connectivity index (χ0n) is 20.1. The third-order valence-electron chi connectivity index (χ3n) is 5.70. The average Bonchev–Trinajstić information content (AvgIpc) is 2.89. The fraction of sp³-hybridized carbons (Fsp3) is 0.320. The first-order chi connectivity index (χ1) is 17.7. The van der Waals surface area contributed by atoms with Crippen molar-refractivity contribution in [2.75, 3.05) is 25.5 Å². The van der Waals surface area contributed by atoms with Crippen molar-refractivity contribution in [3.05, 3.63) is 54.2 Å². The summed E-state index contributed by atoms with van der Waals surface area (Å²) in [6, 6.07) is 13.3. The number of hydrogen-bond donors (Lipinski definition) is 2. The number of anilines is 2. The van der Waals surface area contributed by atoms with Crippen LogP contribution in [0.4, 0.5) is 20.5 Å². The van der Waals surface area contributed by atoms with Gasteiger partial charge >= 0.3 is 5.92 Å². The van der Waals surface area contributed by atoms with Gasteiger partial charge in [0.15, 0.2) is 6.10 Å². The topological polar surface area (TPSA) is 133 Å². The minimum atomic E-state index is -3.37. The van der Waals surface area contributed by atoms with Crippen molar-refractivity contribution in [1.82, 2.24) is 19.9 Å². The zero-order valence-corrected chi connectivity index (χ0v) is 20.1. The molecule has 4 rings (SSSR count). The van der Waals surface area contributed by atoms with Crippen LogP contribution in [-0.2, 0) is 4.79 Å². The quantitative estimate of drug-likeness (QED) is 0.492. The molecule has 1 aromatic carbocycles. The highest BCUT2D eigenvalue weighted by Gasteiger charge is 2.48. The number of nitriles is 1. The Kier molecular flexibility index (Phi) is 7.45. The van der Waals surface area contributed by atoms with E-state index in [1.807, 2.05) is 6.07 Å². The lowest BCUT2D eigenvalue weighted by atomic mass is 10.0. The number of aliphatic hydroxyl groups is 1. The molecule has 0 spiro atoms. The maximum Gasteiger partial charge on any atom is 0.301 e. The smallest absolute Gasteiger partial charge is 0.301 e. The van der Waals surface area contributed by atoms with Gasteiger partial charge in [0.2, 0.25) is 11.8 Å². The van der Waals surface area contributed by atoms with Crippen LogP contribution in [0.3, 0.4) is 0 Å². The summed E-state index contributed by atoms with van der Waals surface area (Å²) < 4.78 is 40.2. The van der Waals surface area contributed by atoms with Crippen molar-refractivity contribution in [2.24, 2.45) is 0 Å². The van der Waals surface area contributed by atoms with E-state index in [4.69, 9.17) is 9.47 Å². The van der Waals surface area contributed by atoms with Gasteiger partial charge in [-0.2, -0.15) is 10.2 Å². The van der Waals surface area contributed by atoms with Gasteiger partial charge in [0.05, 0.1) is 24.9 Å². The summed E-state index contributed by atoms with van der Waals surface area (Å²) in [6.07, 6.45) is -1.52. The lowest BCUT2D eigenvalue weighted by Crippen LogP contribution is -2.56. The number of amides is 1. The molecule has 192 valence electrons. The molecule has 1 amide bonds. The maximum atomic E-state index is 14.8. The molecule has 10 nitrogen and oxygen atoms in total. The summed E-state index contributed by atoms with van der Waals surface area (Å²) in [6.45, 7) is 0.360. The fourth-order valence-electron chi connectivity index (χ4n) is 3.84. The third kappa shape index (κ3) is 5.90. The van der Waals surface area contributed by atoms with E-state index in [-0.39, 0.29) is 30.2 Å². The number of carbonyl (C=O) groups is 1. The number of alkyl halides is 2. The molecule has 2 atom stereocenters. The lowest BCUT2D eigenvalue weighted by molar-refractivity contribution is -0.165. The van der Waals surface area contributed by atoms with Crippen LogP contribution in [0.25, 0.3) is 11.3 Å². The van der Waals surface area contributed by atoms with Crippen LogP contribution in [0.1, 0.15) is 18.9 Å². The molecule has 0 aliphatic carbocycles. The number of carbonyl (C=O) groups excluding carboxylic acids is 1. The lowest BCUT2D eigenvalue weighted by Gasteiger charge is -2.38. The standard InChI is InChI=1S/C25H24F2N6O4/c1-15(34)23(35)33-11-9-20(25(26,27)14-33)37-19-7-6-16(12-17(19)13-28)18-8-10-29-24(30-18)32-21-4-3-5-22(31-21)36-2/h3-8,10,12,15,20,34H,9,11,14H2,1-2H3,(H,29,30,31,32). The number of rotatable bonds is 7. The maximum absolute atomic E-state index is 14.8. The molecule has 0 saturated carbocycles. The van der Waals surface area contributed by atoms with Crippen molar-refractivity contribution in [3.63, 3.8) is 0 Å². The van der Waals surface area contributed by atoms with Gasteiger partial charge in [0, 0.05) is 30.8 Å². The van der Waals surface area contributed by atoms with E-state index < -0.39 is 30.6 Å². The molecule has 1 saturated heterocycles. The van der Waals surface area contributed by atoms with Crippen LogP contribution in [0.15, 0.2) is 48.7 Å². The highest BCUT2D eigenvalue weighted by atomic mass is 19.3. The van der Waals surface area contributed by atoms with Gasteiger partial charge in [-0.05, 0) is 37.3 Å². The average molecular weight is 511 g/mol. The molecular formula is C25H24F2N6O4. The van der Waals surface area contributed by atoms with E-state index in [9.17, 15) is 23.9 Å². The Hall–Kier alpha value is -4.37. The summed E-state index contributed by atoms with van der Waals surface area (Å²) in [5, 5.41) is 22.1. The minimum absolute atomic E-state index is 0.000729. The highest BCUT2D eigenvalue weighted by Crippen LogP contribution is 2.34. The molecule has 37 heavy (non-hydrogen) atoms. The zero-order chi connectivity index (χ0) is 26.6. The molecule has 3 aromatic rings. The SMILES string of the molecule is COc1cccc(Nc2nccc(-c3ccc(OC4CCN(C(=O)C(C)O)CC4(F)F)c(C#N)c3)n2)n1. The summed E-state index contributed by atoms with van der Waals surface area (Å²) in [5.74, 6) is -2.98. The predicted octanol–water partition coefficient (Wildman–Crippen LogP) is 3.16. The van der Waals surface area contributed by atoms with Crippen LogP contribution in [0, 0.1) is 11.3 Å². The first kappa shape index (κ1) is 25.7. The third-order valence-corrected chi connectivity index (χ3v) is 5.70. The number of pyridine rings is 1. The molecule has 12 heteroatoms. The number of aliphatic hydroxyl groups excluding tert-OH is 1. The first-order valence-corrected chi connectivity index (χ1v) is 11.4. The number of piperidine rings is 1. The number of aromatic nitrogens is 3. The van der Waals surface area contributed by atoms with E-state index in [0.29, 0.717) is 23.0 Å². The predicted molar refractivity (Wildman–Crippen MR) is 128 cm³/mol. The minimum Gasteiger partial charge on any atom is -0.483 e. The molecule has 0 radical (unpaired) electrons. The summed E-state index contributed by atoms with van der Waals surface area (Å²) >= 11 is 0. The van der Waals surface area contributed by atoms with Gasteiger partial charge in [-0.3, -0.25) is 4.79 Å². The molecule has 2 aromatic heterocycles. The van der Waals surface area contributed by atoms with Gasteiger partial charge in [-0.25, -0.2) is 18.7 Å². The Morgan fingerprint density at radius 3 is 2.81 bits per heavy atom. The number of nitrogens with zero attached hydrogens (tertiary/aromatic N) is 5. The number of likely N-dealkylation sites (tertiary alicyclic amines) is 1. The number of methoxy groups -OCH3 is 1. The fourth-order valence-corrected chi connectivity index (χ4v) is 3.84. The Bertz CT molecular complexity index is 1330. The Morgan fingerprint density at radius 2 is 2.11 bits per heavy atom. The number of benzene rings is 1. The van der Waals surface area contributed by atoms with Crippen molar-refractivity contribution in [2.45, 2.75) is 31.5 Å². The van der Waals surface area contributed by atoms with Gasteiger partial charge in [0.1, 0.15) is 23.7 Å². The van der Waals surface area contributed by atoms with Crippen LogP contribution >= 0.6 is 0 Å². The number of nitrogens with one attached hydrogen (secondary N) is 1. The van der Waals surface area contributed by atoms with E-state index >= 15 is 0 Å². The van der Waals surface area contributed by atoms with E-state index in [0.717, 1.165) is 4.90 Å². The molecule has 2 unspecified atom stereocenters. The van der Waals surface area contributed by atoms with Crippen LogP contribution in [0.2, 0.25) is 0 Å². The van der Waals surface area contributed by atoms with E-state index in [2.05, 4.69) is 20.3 Å². The second-order valence-electron chi connectivity index (χ2n) is 8.37. The molecular weight excluding hydrogens is 486 g/mol. The van der Waals surface area contributed by atoms with Crippen molar-refractivity contribution in [3.8, 4) is 29.0 Å². The van der Waals surface area contributed by atoms with Crippen LogP contribution in [-0.4, -0.2) is 69.2 Å². The summed E-state index contributed by atoms with van der Waals surface area (Å²) in [5.41, 5.74) is 1.09. The number of ether oxygens (including phenoxy) is 2. The van der Waals surface area contributed by atoms with Crippen molar-refractivity contribution >= 4 is 17.7 Å². The summed E-state index contributed by atoms with van der Waals surface area (Å²) in [7, 11) is 1.51. The Morgan fingerprint density at radius 1 is 1.30 bits per heavy atom. The highest BCUT2D eigenvalue weighted by molar-refractivity contribution is 5.80. The van der Waals surface area contributed by atoms with Gasteiger partial charge < -0.3 is 24.8 Å². The molecule has 0 bridgehead atoms. The molecule has 3 heterocycles. The van der Waals surface area contributed by atoms with Crippen molar-refractivity contribution < 1.29 is 28.2 Å². The monoisotopic (exact) mass is 510 g/mol. The Balaban J connectivity index is 1.51. The molecule has 1 aliphatic rings. The number of halogens is 2. The largest absolute Gasteiger partial charge is 0.483 e. The van der Waals surface area contributed by atoms with Gasteiger partial charge in [-0.15, -0.1) is 0 Å². The number of hydrogen-bond acceptors (Lipinski definition) is 9. The van der Waals surface area contributed by atoms with Crippen LogP contribution in [0.5, 0.6) is 11.6 Å². The second-order valence-corrected chi connectivity index (χ2v) is 8.37. The normalized spacial score (nSPS) is 17.4. The first-order valence-electron chi connectivity index (χ1n) is 11.4. The van der Waals surface area contributed by atoms with Gasteiger partial charge in [0.25, 0.3) is 5.91 Å². The summed E-state index contributed by atoms with van der Waals surface area (Å²) in [4.78, 5) is 25.7. The molecule has 1 aliphatic heterocycles. The molecule has 1 fully saturated rings.